The smallest absolute Gasteiger partial charge is 0.134 e. The zero-order valence-corrected chi connectivity index (χ0v) is 13.4. The Morgan fingerprint density at radius 3 is 2.68 bits per heavy atom. The average Bonchev–Trinajstić information content (AvgIpc) is 2.91. The molecule has 2 heterocycles. The van der Waals surface area contributed by atoms with Crippen molar-refractivity contribution in [2.24, 2.45) is 5.41 Å². The molecule has 1 aromatic heterocycles. The van der Waals surface area contributed by atoms with Gasteiger partial charge in [0.2, 0.25) is 0 Å². The van der Waals surface area contributed by atoms with E-state index in [2.05, 4.69) is 25.2 Å². The number of benzene rings is 1. The standard InChI is InChI=1S/C18H25NO3/c1-13-15-5-3-4-6-16(15)22-17(13)14(2)19-11-18(12-20)7-9-21-10-8-18/h3-6,14,19-20H,7-12H2,1-2H3. The maximum Gasteiger partial charge on any atom is 0.134 e. The van der Waals surface area contributed by atoms with Gasteiger partial charge in [-0.15, -0.1) is 0 Å². The van der Waals surface area contributed by atoms with E-state index in [0.29, 0.717) is 0 Å². The van der Waals surface area contributed by atoms with Gasteiger partial charge in [0.1, 0.15) is 11.3 Å². The van der Waals surface area contributed by atoms with Crippen molar-refractivity contribution < 1.29 is 14.3 Å². The van der Waals surface area contributed by atoms with Gasteiger partial charge in [0.05, 0.1) is 12.6 Å². The molecule has 2 N–H and O–H groups in total. The molecule has 0 saturated carbocycles. The van der Waals surface area contributed by atoms with Gasteiger partial charge in [0, 0.05) is 30.6 Å². The van der Waals surface area contributed by atoms with E-state index in [0.717, 1.165) is 43.9 Å². The summed E-state index contributed by atoms with van der Waals surface area (Å²) < 4.78 is 11.4. The predicted molar refractivity (Wildman–Crippen MR) is 86.9 cm³/mol. The van der Waals surface area contributed by atoms with Gasteiger partial charge >= 0.3 is 0 Å². The minimum atomic E-state index is -0.0631. The molecule has 120 valence electrons. The van der Waals surface area contributed by atoms with E-state index in [1.807, 2.05) is 18.2 Å². The molecular weight excluding hydrogens is 278 g/mol. The summed E-state index contributed by atoms with van der Waals surface area (Å²) in [5.41, 5.74) is 2.07. The number of aryl methyl sites for hydroxylation is 1. The van der Waals surface area contributed by atoms with Crippen LogP contribution in [0.2, 0.25) is 0 Å². The van der Waals surface area contributed by atoms with Gasteiger partial charge in [-0.05, 0) is 38.3 Å². The van der Waals surface area contributed by atoms with Crippen molar-refractivity contribution in [2.45, 2.75) is 32.7 Å². The second-order valence-electron chi connectivity index (χ2n) is 6.46. The van der Waals surface area contributed by atoms with E-state index in [4.69, 9.17) is 9.15 Å². The highest BCUT2D eigenvalue weighted by Crippen LogP contribution is 2.32. The molecule has 1 fully saturated rings. The summed E-state index contributed by atoms with van der Waals surface area (Å²) in [5, 5.41) is 14.5. The van der Waals surface area contributed by atoms with Crippen LogP contribution in [0, 0.1) is 12.3 Å². The first-order valence-corrected chi connectivity index (χ1v) is 8.05. The van der Waals surface area contributed by atoms with Crippen LogP contribution in [0.4, 0.5) is 0 Å². The number of fused-ring (bicyclic) bond motifs is 1. The van der Waals surface area contributed by atoms with Gasteiger partial charge in [-0.1, -0.05) is 18.2 Å². The van der Waals surface area contributed by atoms with Crippen molar-refractivity contribution in [1.29, 1.82) is 0 Å². The lowest BCUT2D eigenvalue weighted by molar-refractivity contribution is -0.0165. The molecule has 1 aliphatic rings. The number of para-hydroxylation sites is 1. The number of hydrogen-bond acceptors (Lipinski definition) is 4. The van der Waals surface area contributed by atoms with Crippen molar-refractivity contribution in [1.82, 2.24) is 5.32 Å². The van der Waals surface area contributed by atoms with E-state index in [9.17, 15) is 5.11 Å². The minimum absolute atomic E-state index is 0.0631. The summed E-state index contributed by atoms with van der Waals surface area (Å²) in [6.07, 6.45) is 1.81. The van der Waals surface area contributed by atoms with Crippen LogP contribution in [-0.4, -0.2) is 31.5 Å². The topological polar surface area (TPSA) is 54.6 Å². The van der Waals surface area contributed by atoms with Gasteiger partial charge in [0.15, 0.2) is 0 Å². The third-order valence-electron chi connectivity index (χ3n) is 4.95. The van der Waals surface area contributed by atoms with E-state index < -0.39 is 0 Å². The molecule has 0 amide bonds. The van der Waals surface area contributed by atoms with Gasteiger partial charge in [-0.3, -0.25) is 0 Å². The molecule has 0 bridgehead atoms. The molecular formula is C18H25NO3. The second kappa shape index (κ2) is 6.41. The first-order valence-electron chi connectivity index (χ1n) is 8.05. The Balaban J connectivity index is 1.73. The summed E-state index contributed by atoms with van der Waals surface area (Å²) in [4.78, 5) is 0. The van der Waals surface area contributed by atoms with Crippen LogP contribution < -0.4 is 5.32 Å². The highest BCUT2D eigenvalue weighted by Gasteiger charge is 2.32. The van der Waals surface area contributed by atoms with Gasteiger partial charge in [-0.2, -0.15) is 0 Å². The van der Waals surface area contributed by atoms with Crippen molar-refractivity contribution in [3.05, 3.63) is 35.6 Å². The third-order valence-corrected chi connectivity index (χ3v) is 4.95. The lowest BCUT2D eigenvalue weighted by Gasteiger charge is -2.36. The molecule has 2 aromatic rings. The second-order valence-corrected chi connectivity index (χ2v) is 6.46. The fourth-order valence-electron chi connectivity index (χ4n) is 3.26. The van der Waals surface area contributed by atoms with Crippen LogP contribution in [0.3, 0.4) is 0 Å². The van der Waals surface area contributed by atoms with E-state index in [1.54, 1.807) is 0 Å². The van der Waals surface area contributed by atoms with Crippen molar-refractivity contribution in [3.63, 3.8) is 0 Å². The maximum absolute atomic E-state index is 9.77. The molecule has 0 spiro atoms. The SMILES string of the molecule is Cc1c(C(C)NCC2(CO)CCOCC2)oc2ccccc12. The first-order chi connectivity index (χ1) is 10.7. The molecule has 1 aliphatic heterocycles. The Kier molecular flexibility index (Phi) is 4.52. The molecule has 0 aliphatic carbocycles. The molecule has 1 unspecified atom stereocenters. The molecule has 1 aromatic carbocycles. The van der Waals surface area contributed by atoms with Crippen LogP contribution in [0.25, 0.3) is 11.0 Å². The summed E-state index contributed by atoms with van der Waals surface area (Å²) in [6, 6.07) is 8.26. The van der Waals surface area contributed by atoms with Crippen LogP contribution in [0.1, 0.15) is 37.1 Å². The van der Waals surface area contributed by atoms with Crippen LogP contribution >= 0.6 is 0 Å². The highest BCUT2D eigenvalue weighted by molar-refractivity contribution is 5.82. The van der Waals surface area contributed by atoms with Crippen LogP contribution in [0.15, 0.2) is 28.7 Å². The number of aliphatic hydroxyl groups excluding tert-OH is 1. The summed E-state index contributed by atoms with van der Waals surface area (Å²) in [5.74, 6) is 0.987. The summed E-state index contributed by atoms with van der Waals surface area (Å²) in [7, 11) is 0. The fraction of sp³-hybridized carbons (Fsp3) is 0.556. The monoisotopic (exact) mass is 303 g/mol. The molecule has 1 saturated heterocycles. The van der Waals surface area contributed by atoms with Gasteiger partial charge < -0.3 is 19.6 Å². The van der Waals surface area contributed by atoms with E-state index >= 15 is 0 Å². The molecule has 0 radical (unpaired) electrons. The molecule has 3 rings (SSSR count). The van der Waals surface area contributed by atoms with E-state index in [-0.39, 0.29) is 18.1 Å². The first kappa shape index (κ1) is 15.5. The van der Waals surface area contributed by atoms with Crippen molar-refractivity contribution in [2.75, 3.05) is 26.4 Å². The zero-order chi connectivity index (χ0) is 15.6. The minimum Gasteiger partial charge on any atom is -0.459 e. The van der Waals surface area contributed by atoms with Gasteiger partial charge in [0.25, 0.3) is 0 Å². The number of rotatable bonds is 5. The van der Waals surface area contributed by atoms with Crippen molar-refractivity contribution >= 4 is 11.0 Å². The van der Waals surface area contributed by atoms with Gasteiger partial charge in [-0.25, -0.2) is 0 Å². The number of aliphatic hydroxyl groups is 1. The average molecular weight is 303 g/mol. The number of nitrogens with one attached hydrogen (secondary N) is 1. The summed E-state index contributed by atoms with van der Waals surface area (Å²) in [6.45, 7) is 6.69. The van der Waals surface area contributed by atoms with E-state index in [1.165, 1.54) is 10.9 Å². The van der Waals surface area contributed by atoms with Crippen LogP contribution in [-0.2, 0) is 4.74 Å². The number of ether oxygens (including phenoxy) is 1. The Morgan fingerprint density at radius 2 is 2.00 bits per heavy atom. The number of furan rings is 1. The fourth-order valence-corrected chi connectivity index (χ4v) is 3.26. The molecule has 4 nitrogen and oxygen atoms in total. The molecule has 22 heavy (non-hydrogen) atoms. The largest absolute Gasteiger partial charge is 0.459 e. The Hall–Kier alpha value is -1.36. The zero-order valence-electron chi connectivity index (χ0n) is 13.4. The number of hydrogen-bond donors (Lipinski definition) is 2. The molecule has 1 atom stereocenters. The highest BCUT2D eigenvalue weighted by atomic mass is 16.5. The molecule has 4 heteroatoms. The Labute approximate surface area is 131 Å². The predicted octanol–water partition coefficient (Wildman–Crippen LogP) is 3.18. The Bertz CT molecular complexity index is 628. The Morgan fingerprint density at radius 1 is 1.27 bits per heavy atom. The van der Waals surface area contributed by atoms with Crippen molar-refractivity contribution in [3.8, 4) is 0 Å². The third kappa shape index (κ3) is 2.91. The summed E-state index contributed by atoms with van der Waals surface area (Å²) >= 11 is 0. The normalized spacial score (nSPS) is 19.4. The lowest BCUT2D eigenvalue weighted by atomic mass is 9.81. The van der Waals surface area contributed by atoms with Crippen LogP contribution in [0.5, 0.6) is 0 Å². The maximum atomic E-state index is 9.77. The quantitative estimate of drug-likeness (QED) is 0.891. The lowest BCUT2D eigenvalue weighted by Crippen LogP contribution is -2.42.